The molecular weight excluding hydrogens is 164 g/mol. The van der Waals surface area contributed by atoms with Crippen LogP contribution in [-0.2, 0) is 4.79 Å². The molecule has 1 amide bonds. The Balaban J connectivity index is 2.51. The van der Waals surface area contributed by atoms with Crippen molar-refractivity contribution in [3.8, 4) is 0 Å². The first kappa shape index (κ1) is 10.5. The van der Waals surface area contributed by atoms with Gasteiger partial charge in [-0.3, -0.25) is 4.79 Å². The lowest BCUT2D eigenvalue weighted by molar-refractivity contribution is -0.136. The van der Waals surface area contributed by atoms with Crippen LogP contribution in [0, 0.1) is 11.8 Å². The summed E-state index contributed by atoms with van der Waals surface area (Å²) in [5.74, 6) is 1.14. The lowest BCUT2D eigenvalue weighted by atomic mass is 9.93. The monoisotopic (exact) mass is 184 g/mol. The standard InChI is InChI=1S/C10H20N2O/c1-7(2)5-12-6-9(11)8(3)4-10(12)13/h7-9H,4-6,11H2,1-3H3. The smallest absolute Gasteiger partial charge is 0.222 e. The largest absolute Gasteiger partial charge is 0.341 e. The van der Waals surface area contributed by atoms with E-state index >= 15 is 0 Å². The van der Waals surface area contributed by atoms with Gasteiger partial charge in [0.15, 0.2) is 0 Å². The van der Waals surface area contributed by atoms with E-state index in [2.05, 4.69) is 20.8 Å². The highest BCUT2D eigenvalue weighted by molar-refractivity contribution is 5.77. The van der Waals surface area contributed by atoms with Crippen molar-refractivity contribution in [1.82, 2.24) is 4.90 Å². The van der Waals surface area contributed by atoms with Gasteiger partial charge >= 0.3 is 0 Å². The van der Waals surface area contributed by atoms with Crippen molar-refractivity contribution in [3.05, 3.63) is 0 Å². The van der Waals surface area contributed by atoms with E-state index in [0.29, 0.717) is 18.3 Å². The first-order valence-corrected chi connectivity index (χ1v) is 5.04. The zero-order valence-electron chi connectivity index (χ0n) is 8.79. The van der Waals surface area contributed by atoms with E-state index in [0.717, 1.165) is 13.1 Å². The second-order valence-corrected chi connectivity index (χ2v) is 4.54. The SMILES string of the molecule is CC(C)CN1CC(N)C(C)CC1=O. The van der Waals surface area contributed by atoms with Crippen molar-refractivity contribution in [2.75, 3.05) is 13.1 Å². The van der Waals surface area contributed by atoms with Crippen LogP contribution in [0.5, 0.6) is 0 Å². The van der Waals surface area contributed by atoms with Crippen LogP contribution in [0.2, 0.25) is 0 Å². The van der Waals surface area contributed by atoms with Crippen LogP contribution in [-0.4, -0.2) is 29.9 Å². The second-order valence-electron chi connectivity index (χ2n) is 4.54. The fraction of sp³-hybridized carbons (Fsp3) is 0.900. The summed E-state index contributed by atoms with van der Waals surface area (Å²) in [7, 11) is 0. The molecule has 1 aliphatic rings. The van der Waals surface area contributed by atoms with Crippen molar-refractivity contribution in [2.24, 2.45) is 17.6 Å². The van der Waals surface area contributed by atoms with E-state index in [9.17, 15) is 4.79 Å². The van der Waals surface area contributed by atoms with Crippen LogP contribution in [0.1, 0.15) is 27.2 Å². The molecule has 0 aromatic heterocycles. The van der Waals surface area contributed by atoms with Gasteiger partial charge in [-0.25, -0.2) is 0 Å². The number of amides is 1. The van der Waals surface area contributed by atoms with Crippen LogP contribution >= 0.6 is 0 Å². The van der Waals surface area contributed by atoms with E-state index in [1.54, 1.807) is 0 Å². The molecule has 1 aliphatic heterocycles. The highest BCUT2D eigenvalue weighted by Gasteiger charge is 2.28. The predicted octanol–water partition coefficient (Wildman–Crippen LogP) is 0.838. The maximum atomic E-state index is 11.6. The molecule has 0 aliphatic carbocycles. The van der Waals surface area contributed by atoms with Crippen molar-refractivity contribution in [2.45, 2.75) is 33.2 Å². The van der Waals surface area contributed by atoms with Gasteiger partial charge in [0.2, 0.25) is 5.91 Å². The number of carbonyl (C=O) groups excluding carboxylic acids is 1. The molecule has 76 valence electrons. The Morgan fingerprint density at radius 2 is 2.23 bits per heavy atom. The van der Waals surface area contributed by atoms with Gasteiger partial charge in [0.1, 0.15) is 0 Å². The first-order valence-electron chi connectivity index (χ1n) is 5.04. The molecule has 0 spiro atoms. The maximum absolute atomic E-state index is 11.6. The summed E-state index contributed by atoms with van der Waals surface area (Å²) >= 11 is 0. The van der Waals surface area contributed by atoms with Gasteiger partial charge in [-0.2, -0.15) is 0 Å². The second kappa shape index (κ2) is 4.09. The lowest BCUT2D eigenvalue weighted by Gasteiger charge is -2.35. The molecule has 2 N–H and O–H groups in total. The van der Waals surface area contributed by atoms with Crippen LogP contribution in [0.4, 0.5) is 0 Å². The van der Waals surface area contributed by atoms with Gasteiger partial charge in [0.25, 0.3) is 0 Å². The Hall–Kier alpha value is -0.570. The Morgan fingerprint density at radius 1 is 1.62 bits per heavy atom. The van der Waals surface area contributed by atoms with E-state index in [-0.39, 0.29) is 11.9 Å². The summed E-state index contributed by atoms with van der Waals surface area (Å²) in [4.78, 5) is 13.5. The first-order chi connectivity index (χ1) is 6.00. The zero-order chi connectivity index (χ0) is 10.0. The summed E-state index contributed by atoms with van der Waals surface area (Å²) in [5, 5.41) is 0. The van der Waals surface area contributed by atoms with Gasteiger partial charge in [0.05, 0.1) is 0 Å². The highest BCUT2D eigenvalue weighted by atomic mass is 16.2. The molecule has 3 nitrogen and oxygen atoms in total. The molecule has 0 aromatic rings. The third-order valence-corrected chi connectivity index (χ3v) is 2.60. The van der Waals surface area contributed by atoms with Crippen LogP contribution in [0.25, 0.3) is 0 Å². The van der Waals surface area contributed by atoms with Crippen LogP contribution in [0.15, 0.2) is 0 Å². The molecule has 1 fully saturated rings. The van der Waals surface area contributed by atoms with E-state index in [4.69, 9.17) is 5.73 Å². The molecule has 0 saturated carbocycles. The van der Waals surface area contributed by atoms with E-state index in [1.165, 1.54) is 0 Å². The quantitative estimate of drug-likeness (QED) is 0.691. The maximum Gasteiger partial charge on any atom is 0.222 e. The van der Waals surface area contributed by atoms with Crippen molar-refractivity contribution in [1.29, 1.82) is 0 Å². The minimum atomic E-state index is 0.163. The van der Waals surface area contributed by atoms with Gasteiger partial charge in [-0.05, 0) is 11.8 Å². The number of hydrogen-bond donors (Lipinski definition) is 1. The average Bonchev–Trinajstić information content (AvgIpc) is 1.99. The molecule has 0 radical (unpaired) electrons. The predicted molar refractivity (Wildman–Crippen MR) is 53.2 cm³/mol. The molecule has 13 heavy (non-hydrogen) atoms. The normalized spacial score (nSPS) is 29.9. The van der Waals surface area contributed by atoms with Gasteiger partial charge in [0, 0.05) is 25.6 Å². The minimum Gasteiger partial charge on any atom is -0.341 e. The number of carbonyl (C=O) groups is 1. The van der Waals surface area contributed by atoms with Crippen LogP contribution in [0.3, 0.4) is 0 Å². The van der Waals surface area contributed by atoms with Crippen molar-refractivity contribution >= 4 is 5.91 Å². The number of hydrogen-bond acceptors (Lipinski definition) is 2. The summed E-state index contributed by atoms with van der Waals surface area (Å²) in [6.07, 6.45) is 0.619. The molecule has 0 bridgehead atoms. The summed E-state index contributed by atoms with van der Waals surface area (Å²) in [6.45, 7) is 7.88. The fourth-order valence-electron chi connectivity index (χ4n) is 1.71. The molecule has 2 atom stereocenters. The summed E-state index contributed by atoms with van der Waals surface area (Å²) in [6, 6.07) is 0.163. The number of piperidine rings is 1. The number of rotatable bonds is 2. The summed E-state index contributed by atoms with van der Waals surface area (Å²) < 4.78 is 0. The van der Waals surface area contributed by atoms with Crippen molar-refractivity contribution < 1.29 is 4.79 Å². The average molecular weight is 184 g/mol. The Labute approximate surface area is 80.3 Å². The molecule has 0 aromatic carbocycles. The van der Waals surface area contributed by atoms with E-state index in [1.807, 2.05) is 4.90 Å². The number of nitrogens with zero attached hydrogens (tertiary/aromatic N) is 1. The third kappa shape index (κ3) is 2.69. The summed E-state index contributed by atoms with van der Waals surface area (Å²) in [5.41, 5.74) is 5.91. The molecule has 3 heteroatoms. The van der Waals surface area contributed by atoms with Gasteiger partial charge in [-0.15, -0.1) is 0 Å². The molecule has 1 heterocycles. The topological polar surface area (TPSA) is 46.3 Å². The lowest BCUT2D eigenvalue weighted by Crippen LogP contribution is -2.51. The highest BCUT2D eigenvalue weighted by Crippen LogP contribution is 2.17. The molecule has 1 saturated heterocycles. The zero-order valence-corrected chi connectivity index (χ0v) is 8.79. The minimum absolute atomic E-state index is 0.163. The van der Waals surface area contributed by atoms with Crippen LogP contribution < -0.4 is 5.73 Å². The van der Waals surface area contributed by atoms with Gasteiger partial charge < -0.3 is 10.6 Å². The van der Waals surface area contributed by atoms with Crippen molar-refractivity contribution in [3.63, 3.8) is 0 Å². The Morgan fingerprint density at radius 3 is 2.77 bits per heavy atom. The number of nitrogens with two attached hydrogens (primary N) is 1. The van der Waals surface area contributed by atoms with E-state index < -0.39 is 0 Å². The molecule has 2 unspecified atom stereocenters. The third-order valence-electron chi connectivity index (χ3n) is 2.60. The Kier molecular flexibility index (Phi) is 3.31. The van der Waals surface area contributed by atoms with Gasteiger partial charge in [-0.1, -0.05) is 20.8 Å². The Bertz CT molecular complexity index is 191. The fourth-order valence-corrected chi connectivity index (χ4v) is 1.71. The molecular formula is C10H20N2O. The number of likely N-dealkylation sites (tertiary alicyclic amines) is 1. The molecule has 1 rings (SSSR count).